The standard InChI is InChI=1S/C21H17F3N2O2/c22-21(23,24)15-7-6-8-16(13-15)26-20(27)14-25-18-11-4-5-12-19(18)28-17-9-2-1-3-10-17/h1-13,25H,14H2,(H,26,27). The molecule has 1 amide bonds. The van der Waals surface area contributed by atoms with Gasteiger partial charge in [0.1, 0.15) is 5.75 Å². The van der Waals surface area contributed by atoms with E-state index in [-0.39, 0.29) is 12.2 Å². The fourth-order valence-corrected chi connectivity index (χ4v) is 2.47. The van der Waals surface area contributed by atoms with Crippen LogP contribution in [0.5, 0.6) is 11.5 Å². The van der Waals surface area contributed by atoms with Crippen molar-refractivity contribution in [2.24, 2.45) is 0 Å². The zero-order valence-corrected chi connectivity index (χ0v) is 14.7. The zero-order valence-electron chi connectivity index (χ0n) is 14.7. The number of carbonyl (C=O) groups is 1. The number of ether oxygens (including phenoxy) is 1. The number of para-hydroxylation sites is 3. The smallest absolute Gasteiger partial charge is 0.416 e. The number of amides is 1. The lowest BCUT2D eigenvalue weighted by atomic mass is 10.2. The van der Waals surface area contributed by atoms with Gasteiger partial charge in [-0.2, -0.15) is 13.2 Å². The van der Waals surface area contributed by atoms with Crippen molar-refractivity contribution in [2.45, 2.75) is 6.18 Å². The topological polar surface area (TPSA) is 50.4 Å². The normalized spacial score (nSPS) is 11.0. The molecule has 0 spiro atoms. The van der Waals surface area contributed by atoms with E-state index < -0.39 is 17.6 Å². The summed E-state index contributed by atoms with van der Waals surface area (Å²) in [6.07, 6.45) is -4.47. The van der Waals surface area contributed by atoms with Gasteiger partial charge in [0.25, 0.3) is 0 Å². The first-order chi connectivity index (χ1) is 13.4. The molecule has 0 radical (unpaired) electrons. The van der Waals surface area contributed by atoms with Crippen LogP contribution in [0.1, 0.15) is 5.56 Å². The van der Waals surface area contributed by atoms with Crippen molar-refractivity contribution >= 4 is 17.3 Å². The highest BCUT2D eigenvalue weighted by molar-refractivity contribution is 5.94. The second kappa shape index (κ2) is 8.47. The molecule has 3 aromatic carbocycles. The molecule has 0 aliphatic heterocycles. The zero-order chi connectivity index (χ0) is 20.0. The number of anilines is 2. The maximum atomic E-state index is 12.8. The molecule has 144 valence electrons. The Hall–Kier alpha value is -3.48. The van der Waals surface area contributed by atoms with Crippen LogP contribution in [0.25, 0.3) is 0 Å². The molecule has 0 saturated heterocycles. The van der Waals surface area contributed by atoms with Gasteiger partial charge in [-0.3, -0.25) is 4.79 Å². The minimum absolute atomic E-state index is 0.0791. The van der Waals surface area contributed by atoms with Crippen LogP contribution in [-0.2, 0) is 11.0 Å². The molecule has 4 nitrogen and oxygen atoms in total. The molecule has 0 atom stereocenters. The summed E-state index contributed by atoms with van der Waals surface area (Å²) < 4.78 is 44.1. The summed E-state index contributed by atoms with van der Waals surface area (Å²) in [6.45, 7) is -0.134. The summed E-state index contributed by atoms with van der Waals surface area (Å²) in [6, 6.07) is 20.7. The van der Waals surface area contributed by atoms with Crippen molar-refractivity contribution < 1.29 is 22.7 Å². The van der Waals surface area contributed by atoms with Gasteiger partial charge in [0, 0.05) is 5.69 Å². The maximum absolute atomic E-state index is 12.8. The average Bonchev–Trinajstić information content (AvgIpc) is 2.68. The molecule has 3 aromatic rings. The minimum atomic E-state index is -4.47. The number of nitrogens with one attached hydrogen (secondary N) is 2. The molecular formula is C21H17F3N2O2. The Balaban J connectivity index is 1.62. The fraction of sp³-hybridized carbons (Fsp3) is 0.0952. The van der Waals surface area contributed by atoms with E-state index >= 15 is 0 Å². The van der Waals surface area contributed by atoms with Crippen molar-refractivity contribution in [3.63, 3.8) is 0 Å². The predicted molar refractivity (Wildman–Crippen MR) is 102 cm³/mol. The molecule has 0 heterocycles. The van der Waals surface area contributed by atoms with Gasteiger partial charge in [-0.1, -0.05) is 36.4 Å². The van der Waals surface area contributed by atoms with Gasteiger partial charge in [0.15, 0.2) is 5.75 Å². The quantitative estimate of drug-likeness (QED) is 0.584. The van der Waals surface area contributed by atoms with Crippen molar-refractivity contribution in [1.29, 1.82) is 0 Å². The molecule has 0 bridgehead atoms. The van der Waals surface area contributed by atoms with Crippen LogP contribution in [0.4, 0.5) is 24.5 Å². The van der Waals surface area contributed by atoms with E-state index in [0.717, 1.165) is 12.1 Å². The highest BCUT2D eigenvalue weighted by atomic mass is 19.4. The van der Waals surface area contributed by atoms with Gasteiger partial charge >= 0.3 is 6.18 Å². The van der Waals surface area contributed by atoms with E-state index in [0.29, 0.717) is 17.2 Å². The number of carbonyl (C=O) groups excluding carboxylic acids is 1. The number of rotatable bonds is 6. The largest absolute Gasteiger partial charge is 0.455 e. The fourth-order valence-electron chi connectivity index (χ4n) is 2.47. The highest BCUT2D eigenvalue weighted by Gasteiger charge is 2.30. The molecule has 28 heavy (non-hydrogen) atoms. The van der Waals surface area contributed by atoms with Gasteiger partial charge in [-0.05, 0) is 42.5 Å². The summed E-state index contributed by atoms with van der Waals surface area (Å²) in [5.41, 5.74) is -0.152. The third-order valence-corrected chi connectivity index (χ3v) is 3.77. The monoisotopic (exact) mass is 386 g/mol. The first-order valence-electron chi connectivity index (χ1n) is 8.45. The number of alkyl halides is 3. The first kappa shape index (κ1) is 19.3. The van der Waals surface area contributed by atoms with Crippen LogP contribution >= 0.6 is 0 Å². The highest BCUT2D eigenvalue weighted by Crippen LogP contribution is 2.31. The van der Waals surface area contributed by atoms with Gasteiger partial charge in [-0.25, -0.2) is 0 Å². The van der Waals surface area contributed by atoms with Crippen LogP contribution in [0.3, 0.4) is 0 Å². The second-order valence-electron chi connectivity index (χ2n) is 5.89. The molecule has 0 aliphatic rings. The summed E-state index contributed by atoms with van der Waals surface area (Å²) in [5, 5.41) is 5.39. The molecule has 0 saturated carbocycles. The van der Waals surface area contributed by atoms with E-state index in [1.54, 1.807) is 36.4 Å². The minimum Gasteiger partial charge on any atom is -0.455 e. The van der Waals surface area contributed by atoms with E-state index in [1.165, 1.54) is 12.1 Å². The van der Waals surface area contributed by atoms with E-state index in [9.17, 15) is 18.0 Å². The molecule has 0 fully saturated rings. The van der Waals surface area contributed by atoms with Crippen molar-refractivity contribution in [3.8, 4) is 11.5 Å². The molecule has 7 heteroatoms. The van der Waals surface area contributed by atoms with Crippen LogP contribution in [0.2, 0.25) is 0 Å². The Labute approximate surface area is 160 Å². The molecule has 2 N–H and O–H groups in total. The SMILES string of the molecule is O=C(CNc1ccccc1Oc1ccccc1)Nc1cccc(C(F)(F)F)c1. The summed E-state index contributed by atoms with van der Waals surface area (Å²) in [4.78, 5) is 12.1. The molecule has 0 unspecified atom stereocenters. The Kier molecular flexibility index (Phi) is 5.84. The van der Waals surface area contributed by atoms with Gasteiger partial charge in [-0.15, -0.1) is 0 Å². The third kappa shape index (κ3) is 5.26. The summed E-state index contributed by atoms with van der Waals surface area (Å²) >= 11 is 0. The summed E-state index contributed by atoms with van der Waals surface area (Å²) in [5.74, 6) is 0.694. The van der Waals surface area contributed by atoms with Crippen molar-refractivity contribution in [1.82, 2.24) is 0 Å². The van der Waals surface area contributed by atoms with Crippen LogP contribution < -0.4 is 15.4 Å². The number of hydrogen-bond donors (Lipinski definition) is 2. The van der Waals surface area contributed by atoms with E-state index in [1.807, 2.05) is 18.2 Å². The average molecular weight is 386 g/mol. The molecule has 0 aromatic heterocycles. The molecule has 3 rings (SSSR count). The predicted octanol–water partition coefficient (Wildman–Crippen LogP) is 5.55. The molecule has 0 aliphatic carbocycles. The van der Waals surface area contributed by atoms with E-state index in [2.05, 4.69) is 10.6 Å². The Bertz CT molecular complexity index is 944. The third-order valence-electron chi connectivity index (χ3n) is 3.77. The number of halogens is 3. The Morgan fingerprint density at radius 3 is 2.36 bits per heavy atom. The maximum Gasteiger partial charge on any atom is 0.416 e. The lowest BCUT2D eigenvalue weighted by Gasteiger charge is -2.13. The van der Waals surface area contributed by atoms with Gasteiger partial charge < -0.3 is 15.4 Å². The number of benzene rings is 3. The van der Waals surface area contributed by atoms with Crippen LogP contribution in [0, 0.1) is 0 Å². The second-order valence-corrected chi connectivity index (χ2v) is 5.89. The van der Waals surface area contributed by atoms with Crippen LogP contribution in [-0.4, -0.2) is 12.5 Å². The first-order valence-corrected chi connectivity index (χ1v) is 8.45. The van der Waals surface area contributed by atoms with Crippen molar-refractivity contribution in [3.05, 3.63) is 84.4 Å². The molecular weight excluding hydrogens is 369 g/mol. The Morgan fingerprint density at radius 2 is 1.61 bits per heavy atom. The van der Waals surface area contributed by atoms with Gasteiger partial charge in [0.05, 0.1) is 17.8 Å². The lowest BCUT2D eigenvalue weighted by molar-refractivity contribution is -0.137. The number of hydrogen-bond acceptors (Lipinski definition) is 3. The Morgan fingerprint density at radius 1 is 0.893 bits per heavy atom. The summed E-state index contributed by atoms with van der Waals surface area (Å²) in [7, 11) is 0. The van der Waals surface area contributed by atoms with Gasteiger partial charge in [0.2, 0.25) is 5.91 Å². The lowest BCUT2D eigenvalue weighted by Crippen LogP contribution is -2.22. The van der Waals surface area contributed by atoms with Crippen molar-refractivity contribution in [2.75, 3.05) is 17.2 Å². The van der Waals surface area contributed by atoms with E-state index in [4.69, 9.17) is 4.74 Å². The van der Waals surface area contributed by atoms with Crippen LogP contribution in [0.15, 0.2) is 78.9 Å².